The molecule has 3 amide bonds. The number of carbonyl (C=O) groups is 4. The Kier molecular flexibility index (Phi) is 14.8. The van der Waals surface area contributed by atoms with E-state index >= 15 is 0 Å². The summed E-state index contributed by atoms with van der Waals surface area (Å²) >= 11 is 0. The molecule has 46 heavy (non-hydrogen) atoms. The summed E-state index contributed by atoms with van der Waals surface area (Å²) in [6.45, 7) is 1.45. The lowest BCUT2D eigenvalue weighted by Crippen LogP contribution is -2.52. The van der Waals surface area contributed by atoms with Crippen molar-refractivity contribution in [3.8, 4) is 0 Å². The van der Waals surface area contributed by atoms with Gasteiger partial charge in [-0.3, -0.25) is 19.9 Å². The predicted molar refractivity (Wildman–Crippen MR) is 172 cm³/mol. The molecular weight excluding hydrogens is 590 g/mol. The molecule has 0 bridgehead atoms. The zero-order valence-corrected chi connectivity index (χ0v) is 26.9. The number of nitrogens with one attached hydrogen (secondary N) is 2. The van der Waals surface area contributed by atoms with Crippen LogP contribution in [0.5, 0.6) is 0 Å². The number of rotatable bonds is 14. The van der Waals surface area contributed by atoms with E-state index in [0.29, 0.717) is 57.5 Å². The Morgan fingerprint density at radius 2 is 1.78 bits per heavy atom. The average molecular weight is 642 g/mol. The molecule has 3 aliphatic rings. The Morgan fingerprint density at radius 1 is 1.02 bits per heavy atom. The molecule has 1 aromatic carbocycles. The molecular formula is C34H51N5O7. The maximum atomic E-state index is 13.9. The number of carbonyl (C=O) groups excluding carboxylic acids is 4. The predicted octanol–water partition coefficient (Wildman–Crippen LogP) is 3.95. The minimum Gasteiger partial charge on any atom is -0.444 e. The number of nitrogens with two attached hydrogens (primary N) is 1. The van der Waals surface area contributed by atoms with Gasteiger partial charge in [0.25, 0.3) is 5.91 Å². The Hall–Kier alpha value is -3.51. The van der Waals surface area contributed by atoms with Crippen molar-refractivity contribution >= 4 is 30.2 Å². The van der Waals surface area contributed by atoms with E-state index in [2.05, 4.69) is 15.6 Å². The molecule has 12 heteroatoms. The molecule has 254 valence electrons. The van der Waals surface area contributed by atoms with Crippen molar-refractivity contribution in [3.05, 3.63) is 35.9 Å². The standard InChI is InChI=1S/C34H51N5O7/c35-33(38-34(43)45-24-26-14-6-3-7-15-26)36-19-10-16-27(23-40)37-31(41)28-17-11-20-39(28)32(42)29(46-30-18-8-9-21-44-30)22-25-12-4-1-2-5-13-25/h3,6-7,14-15,23,25,27-30H,1-2,4-5,8-13,16-22,24H2,(H,37,41)(H3,35,36,38,43)/t27-,28-,29+,30?/m0/s1. The van der Waals surface area contributed by atoms with Gasteiger partial charge in [-0.1, -0.05) is 68.9 Å². The van der Waals surface area contributed by atoms with E-state index < -0.39 is 30.6 Å². The molecule has 3 fully saturated rings. The molecule has 0 aromatic heterocycles. The van der Waals surface area contributed by atoms with Crippen molar-refractivity contribution in [2.45, 2.75) is 121 Å². The fraction of sp³-hybridized carbons (Fsp3) is 0.676. The third kappa shape index (κ3) is 11.7. The van der Waals surface area contributed by atoms with Gasteiger partial charge in [0, 0.05) is 19.7 Å². The lowest BCUT2D eigenvalue weighted by molar-refractivity contribution is -0.200. The topological polar surface area (TPSA) is 162 Å². The Balaban J connectivity index is 1.24. The van der Waals surface area contributed by atoms with Gasteiger partial charge < -0.3 is 35.0 Å². The van der Waals surface area contributed by atoms with Crippen LogP contribution in [-0.4, -0.2) is 79.2 Å². The third-order valence-corrected chi connectivity index (χ3v) is 8.98. The van der Waals surface area contributed by atoms with Gasteiger partial charge in [0.05, 0.1) is 6.04 Å². The van der Waals surface area contributed by atoms with E-state index in [4.69, 9.17) is 19.9 Å². The van der Waals surface area contributed by atoms with E-state index in [1.54, 1.807) is 4.90 Å². The van der Waals surface area contributed by atoms with Crippen LogP contribution in [0.3, 0.4) is 0 Å². The van der Waals surface area contributed by atoms with Crippen molar-refractivity contribution < 1.29 is 33.4 Å². The summed E-state index contributed by atoms with van der Waals surface area (Å²) in [5.74, 6) is -0.167. The first-order valence-electron chi connectivity index (χ1n) is 17.0. The molecule has 0 radical (unpaired) electrons. The van der Waals surface area contributed by atoms with E-state index in [1.807, 2.05) is 30.3 Å². The van der Waals surface area contributed by atoms with Crippen LogP contribution in [0.2, 0.25) is 0 Å². The lowest BCUT2D eigenvalue weighted by atomic mass is 9.93. The zero-order valence-electron chi connectivity index (χ0n) is 26.9. The molecule has 4 atom stereocenters. The van der Waals surface area contributed by atoms with Gasteiger partial charge in [-0.15, -0.1) is 0 Å². The number of benzene rings is 1. The van der Waals surface area contributed by atoms with Crippen LogP contribution in [0.1, 0.15) is 95.5 Å². The van der Waals surface area contributed by atoms with Gasteiger partial charge in [0.2, 0.25) is 5.91 Å². The van der Waals surface area contributed by atoms with Gasteiger partial charge >= 0.3 is 6.09 Å². The van der Waals surface area contributed by atoms with Gasteiger partial charge in [0.1, 0.15) is 25.0 Å². The molecule has 12 nitrogen and oxygen atoms in total. The molecule has 1 aliphatic carbocycles. The maximum absolute atomic E-state index is 13.9. The van der Waals surface area contributed by atoms with Crippen LogP contribution in [0.15, 0.2) is 35.3 Å². The highest BCUT2D eigenvalue weighted by molar-refractivity contribution is 5.93. The van der Waals surface area contributed by atoms with Crippen molar-refractivity contribution in [3.63, 3.8) is 0 Å². The number of alkyl carbamates (subject to hydrolysis) is 1. The summed E-state index contributed by atoms with van der Waals surface area (Å²) in [4.78, 5) is 56.9. The second kappa shape index (κ2) is 19.2. The monoisotopic (exact) mass is 641 g/mol. The molecule has 2 heterocycles. The van der Waals surface area contributed by atoms with Crippen LogP contribution in [0.4, 0.5) is 4.79 Å². The van der Waals surface area contributed by atoms with Crippen LogP contribution in [0, 0.1) is 5.92 Å². The summed E-state index contributed by atoms with van der Waals surface area (Å²) in [5.41, 5.74) is 6.64. The largest absolute Gasteiger partial charge is 0.444 e. The number of likely N-dealkylation sites (tertiary alicyclic amines) is 1. The van der Waals surface area contributed by atoms with Crippen molar-refractivity contribution in [2.75, 3.05) is 19.7 Å². The first kappa shape index (κ1) is 35.3. The lowest BCUT2D eigenvalue weighted by Gasteiger charge is -2.33. The second-order valence-corrected chi connectivity index (χ2v) is 12.6. The average Bonchev–Trinajstić information content (AvgIpc) is 3.43. The summed E-state index contributed by atoms with van der Waals surface area (Å²) in [5, 5.41) is 5.19. The highest BCUT2D eigenvalue weighted by atomic mass is 16.7. The summed E-state index contributed by atoms with van der Waals surface area (Å²) in [7, 11) is 0. The van der Waals surface area contributed by atoms with Gasteiger partial charge in [0.15, 0.2) is 12.2 Å². The summed E-state index contributed by atoms with van der Waals surface area (Å²) in [6, 6.07) is 7.87. The SMILES string of the molecule is NC(=NCCC[C@@H](C=O)NC(=O)[C@@H]1CCCN1C(=O)[C@@H](CC1CCCCCC1)OC1CCCCO1)NC(=O)OCc1ccccc1. The van der Waals surface area contributed by atoms with Crippen molar-refractivity contribution in [2.24, 2.45) is 16.6 Å². The van der Waals surface area contributed by atoms with Crippen molar-refractivity contribution in [1.29, 1.82) is 0 Å². The minimum absolute atomic E-state index is 0.0934. The summed E-state index contributed by atoms with van der Waals surface area (Å²) in [6.07, 6.45) is 11.4. The van der Waals surface area contributed by atoms with Crippen LogP contribution < -0.4 is 16.4 Å². The number of hydrogen-bond donors (Lipinski definition) is 3. The second-order valence-electron chi connectivity index (χ2n) is 12.6. The highest BCUT2D eigenvalue weighted by Gasteiger charge is 2.40. The quantitative estimate of drug-likeness (QED) is 0.0905. The molecule has 2 aliphatic heterocycles. The number of aldehydes is 1. The van der Waals surface area contributed by atoms with Gasteiger partial charge in [-0.25, -0.2) is 4.79 Å². The first-order chi connectivity index (χ1) is 22.4. The van der Waals surface area contributed by atoms with Gasteiger partial charge in [-0.2, -0.15) is 0 Å². The molecule has 2 saturated heterocycles. The fourth-order valence-electron chi connectivity index (χ4n) is 6.47. The van der Waals surface area contributed by atoms with E-state index in [-0.39, 0.29) is 30.9 Å². The number of aliphatic imine (C=N–C) groups is 1. The molecule has 4 N–H and O–H groups in total. The van der Waals surface area contributed by atoms with E-state index in [1.165, 1.54) is 25.7 Å². The molecule has 1 saturated carbocycles. The number of amides is 3. The Morgan fingerprint density at radius 3 is 2.50 bits per heavy atom. The Bertz CT molecular complexity index is 1140. The smallest absolute Gasteiger partial charge is 0.414 e. The van der Waals surface area contributed by atoms with Crippen LogP contribution in [-0.2, 0) is 35.2 Å². The zero-order chi connectivity index (χ0) is 32.6. The first-order valence-corrected chi connectivity index (χ1v) is 17.0. The normalized spacial score (nSPS) is 22.3. The summed E-state index contributed by atoms with van der Waals surface area (Å²) < 4.78 is 17.3. The molecule has 0 spiro atoms. The number of ether oxygens (including phenoxy) is 3. The molecule has 1 unspecified atom stereocenters. The third-order valence-electron chi connectivity index (χ3n) is 8.98. The Labute approximate surface area is 272 Å². The van der Waals surface area contributed by atoms with Crippen LogP contribution >= 0.6 is 0 Å². The molecule has 1 aromatic rings. The maximum Gasteiger partial charge on any atom is 0.414 e. The fourth-order valence-corrected chi connectivity index (χ4v) is 6.47. The van der Waals surface area contributed by atoms with E-state index in [0.717, 1.165) is 37.7 Å². The number of hydrogen-bond acceptors (Lipinski definition) is 8. The van der Waals surface area contributed by atoms with E-state index in [9.17, 15) is 19.2 Å². The minimum atomic E-state index is -0.737. The van der Waals surface area contributed by atoms with Crippen molar-refractivity contribution in [1.82, 2.24) is 15.5 Å². The van der Waals surface area contributed by atoms with Crippen LogP contribution in [0.25, 0.3) is 0 Å². The molecule has 4 rings (SSSR count). The van der Waals surface area contributed by atoms with Gasteiger partial charge in [-0.05, 0) is 62.8 Å². The number of guanidine groups is 1. The number of nitrogens with zero attached hydrogens (tertiary/aromatic N) is 2. The highest BCUT2D eigenvalue weighted by Crippen LogP contribution is 2.30.